The predicted octanol–water partition coefficient (Wildman–Crippen LogP) is 4.98. The molecule has 0 bridgehead atoms. The largest absolute Gasteiger partial charge is 0.494 e. The predicted molar refractivity (Wildman–Crippen MR) is 141 cm³/mol. The van der Waals surface area contributed by atoms with Crippen molar-refractivity contribution in [2.24, 2.45) is 7.05 Å². The van der Waals surface area contributed by atoms with Crippen LogP contribution in [0, 0.1) is 0 Å². The lowest BCUT2D eigenvalue weighted by atomic mass is 10.1. The van der Waals surface area contributed by atoms with Crippen molar-refractivity contribution in [1.29, 1.82) is 0 Å². The number of hydrogen-bond donors (Lipinski definition) is 0. The maximum Gasteiger partial charge on any atom is 0.332 e. The van der Waals surface area contributed by atoms with Crippen LogP contribution in [0.3, 0.4) is 0 Å². The third-order valence-corrected chi connectivity index (χ3v) is 6.91. The molecule has 0 amide bonds. The van der Waals surface area contributed by atoms with Gasteiger partial charge in [-0.15, -0.1) is 0 Å². The zero-order valence-electron chi connectivity index (χ0n) is 21.5. The number of hydrogen-bond acceptors (Lipinski definition) is 5. The number of rotatable bonds is 12. The van der Waals surface area contributed by atoms with Gasteiger partial charge < -0.3 is 14.2 Å². The van der Waals surface area contributed by atoms with E-state index in [9.17, 15) is 9.59 Å². The number of imidazole rings is 1. The summed E-state index contributed by atoms with van der Waals surface area (Å²) in [5.74, 6) is 1.54. The van der Waals surface area contributed by atoms with Crippen LogP contribution in [-0.4, -0.2) is 31.8 Å². The summed E-state index contributed by atoms with van der Waals surface area (Å²) in [5, 5.41) is 0. The Hall–Kier alpha value is -3.03. The average Bonchev–Trinajstić information content (AvgIpc) is 3.27. The van der Waals surface area contributed by atoms with Crippen LogP contribution in [0.1, 0.15) is 71.6 Å². The Kier molecular flexibility index (Phi) is 8.31. The van der Waals surface area contributed by atoms with Gasteiger partial charge in [-0.1, -0.05) is 51.9 Å². The van der Waals surface area contributed by atoms with E-state index >= 15 is 0 Å². The van der Waals surface area contributed by atoms with Gasteiger partial charge in [-0.3, -0.25) is 13.9 Å². The van der Waals surface area contributed by atoms with Crippen LogP contribution in [0.4, 0.5) is 11.6 Å². The van der Waals surface area contributed by atoms with Crippen molar-refractivity contribution in [1.82, 2.24) is 18.7 Å². The van der Waals surface area contributed by atoms with E-state index in [1.165, 1.54) is 41.2 Å². The molecule has 2 aromatic heterocycles. The summed E-state index contributed by atoms with van der Waals surface area (Å²) in [6.07, 6.45) is 10.3. The van der Waals surface area contributed by atoms with Gasteiger partial charge in [-0.05, 0) is 44.0 Å². The molecule has 0 spiro atoms. The normalized spacial score (nSPS) is 13.4. The molecule has 0 unspecified atom stereocenters. The Labute approximate surface area is 207 Å². The van der Waals surface area contributed by atoms with Crippen molar-refractivity contribution in [2.75, 3.05) is 18.1 Å². The highest BCUT2D eigenvalue weighted by atomic mass is 16.5. The fourth-order valence-corrected chi connectivity index (χ4v) is 5.00. The third-order valence-electron chi connectivity index (χ3n) is 6.91. The third kappa shape index (κ3) is 5.31. The lowest BCUT2D eigenvalue weighted by Crippen LogP contribution is -2.40. The van der Waals surface area contributed by atoms with Crippen molar-refractivity contribution in [3.8, 4) is 5.75 Å². The quantitative estimate of drug-likeness (QED) is 0.341. The van der Waals surface area contributed by atoms with Gasteiger partial charge in [0.15, 0.2) is 11.2 Å². The summed E-state index contributed by atoms with van der Waals surface area (Å²) in [6, 6.07) is 7.93. The molecular weight excluding hydrogens is 442 g/mol. The minimum Gasteiger partial charge on any atom is -0.494 e. The van der Waals surface area contributed by atoms with Gasteiger partial charge in [0.2, 0.25) is 5.95 Å². The first-order chi connectivity index (χ1) is 17.1. The minimum atomic E-state index is -0.284. The molecule has 0 saturated carbocycles. The molecule has 0 radical (unpaired) electrons. The van der Waals surface area contributed by atoms with E-state index in [1.807, 2.05) is 35.8 Å². The zero-order valence-corrected chi connectivity index (χ0v) is 21.5. The molecule has 0 N–H and O–H groups in total. The van der Waals surface area contributed by atoms with Crippen LogP contribution in [0.2, 0.25) is 0 Å². The maximum absolute atomic E-state index is 13.5. The zero-order chi connectivity index (χ0) is 24.8. The van der Waals surface area contributed by atoms with Gasteiger partial charge in [0.1, 0.15) is 5.75 Å². The second-order valence-corrected chi connectivity index (χ2v) is 9.44. The van der Waals surface area contributed by atoms with Crippen LogP contribution in [0.5, 0.6) is 5.75 Å². The van der Waals surface area contributed by atoms with Crippen molar-refractivity contribution < 1.29 is 4.74 Å². The Balaban J connectivity index is 1.57. The van der Waals surface area contributed by atoms with Crippen molar-refractivity contribution in [3.63, 3.8) is 0 Å². The monoisotopic (exact) mass is 481 g/mol. The molecule has 1 aliphatic rings. The lowest BCUT2D eigenvalue weighted by molar-refractivity contribution is 0.340. The molecule has 190 valence electrons. The van der Waals surface area contributed by atoms with Crippen LogP contribution in [0.15, 0.2) is 33.9 Å². The highest BCUT2D eigenvalue weighted by Gasteiger charge is 2.26. The maximum atomic E-state index is 13.5. The van der Waals surface area contributed by atoms with Crippen LogP contribution >= 0.6 is 0 Å². The molecular formula is C27H39N5O3. The number of aryl methyl sites for hydroxylation is 2. The fourth-order valence-electron chi connectivity index (χ4n) is 5.00. The van der Waals surface area contributed by atoms with Gasteiger partial charge in [0, 0.05) is 32.4 Å². The van der Waals surface area contributed by atoms with E-state index in [0.717, 1.165) is 43.7 Å². The highest BCUT2D eigenvalue weighted by molar-refractivity contribution is 5.77. The molecule has 35 heavy (non-hydrogen) atoms. The Morgan fingerprint density at radius 2 is 1.60 bits per heavy atom. The van der Waals surface area contributed by atoms with Crippen molar-refractivity contribution >= 4 is 22.8 Å². The summed E-state index contributed by atoms with van der Waals surface area (Å²) in [7, 11) is 1.72. The standard InChI is InChI=1S/C27H39N5O3/c1-4-6-7-8-9-10-11-12-18-32-25(33)23-24(29(3)27(32)34)28-26-30(19-13-20-31(23)26)21-14-16-22(17-15-21)35-5-2/h14-17H,4-13,18-20H2,1-3H3. The molecule has 3 heterocycles. The number of fused-ring (bicyclic) bond motifs is 3. The summed E-state index contributed by atoms with van der Waals surface area (Å²) >= 11 is 0. The van der Waals surface area contributed by atoms with Gasteiger partial charge in [-0.2, -0.15) is 4.98 Å². The topological polar surface area (TPSA) is 74.3 Å². The lowest BCUT2D eigenvalue weighted by Gasteiger charge is -2.29. The molecule has 8 heteroatoms. The summed E-state index contributed by atoms with van der Waals surface area (Å²) in [6.45, 7) is 6.79. The van der Waals surface area contributed by atoms with E-state index in [4.69, 9.17) is 9.72 Å². The second-order valence-electron chi connectivity index (χ2n) is 9.44. The number of ether oxygens (including phenoxy) is 1. The number of aromatic nitrogens is 4. The summed E-state index contributed by atoms with van der Waals surface area (Å²) in [5.41, 5.74) is 1.47. The Morgan fingerprint density at radius 1 is 0.914 bits per heavy atom. The van der Waals surface area contributed by atoms with Gasteiger partial charge in [0.25, 0.3) is 5.56 Å². The summed E-state index contributed by atoms with van der Waals surface area (Å²) in [4.78, 5) is 33.4. The van der Waals surface area contributed by atoms with E-state index in [2.05, 4.69) is 11.8 Å². The Morgan fingerprint density at radius 3 is 2.29 bits per heavy atom. The Bertz CT molecular complexity index is 1240. The molecule has 3 aromatic rings. The molecule has 0 atom stereocenters. The van der Waals surface area contributed by atoms with E-state index < -0.39 is 0 Å². The number of benzene rings is 1. The molecule has 0 saturated heterocycles. The molecule has 1 aliphatic heterocycles. The van der Waals surface area contributed by atoms with Crippen LogP contribution in [-0.2, 0) is 20.1 Å². The van der Waals surface area contributed by atoms with Crippen molar-refractivity contribution in [2.45, 2.75) is 84.7 Å². The van der Waals surface area contributed by atoms with E-state index in [0.29, 0.717) is 36.8 Å². The summed E-state index contributed by atoms with van der Waals surface area (Å²) < 4.78 is 10.5. The van der Waals surface area contributed by atoms with Crippen LogP contribution in [0.25, 0.3) is 11.2 Å². The second kappa shape index (κ2) is 11.6. The van der Waals surface area contributed by atoms with Gasteiger partial charge in [-0.25, -0.2) is 4.79 Å². The van der Waals surface area contributed by atoms with E-state index in [1.54, 1.807) is 7.05 Å². The van der Waals surface area contributed by atoms with E-state index in [-0.39, 0.29) is 11.2 Å². The first kappa shape index (κ1) is 25.1. The van der Waals surface area contributed by atoms with Crippen LogP contribution < -0.4 is 20.9 Å². The first-order valence-electron chi connectivity index (χ1n) is 13.3. The number of nitrogens with zero attached hydrogens (tertiary/aromatic N) is 5. The molecule has 4 rings (SSSR count). The first-order valence-corrected chi connectivity index (χ1v) is 13.3. The fraction of sp³-hybridized carbons (Fsp3) is 0.593. The van der Waals surface area contributed by atoms with Gasteiger partial charge in [0.05, 0.1) is 6.61 Å². The SMILES string of the molecule is CCCCCCCCCCn1c(=O)c2c(nc3n2CCCN3c2ccc(OCC)cc2)n(C)c1=O. The smallest absolute Gasteiger partial charge is 0.332 e. The molecule has 0 aliphatic carbocycles. The molecule has 8 nitrogen and oxygen atoms in total. The average molecular weight is 482 g/mol. The number of anilines is 2. The molecule has 0 fully saturated rings. The molecule has 1 aromatic carbocycles. The van der Waals surface area contributed by atoms with Crippen molar-refractivity contribution in [3.05, 3.63) is 45.1 Å². The van der Waals surface area contributed by atoms with Gasteiger partial charge >= 0.3 is 5.69 Å². The minimum absolute atomic E-state index is 0.224. The highest BCUT2D eigenvalue weighted by Crippen LogP contribution is 2.31. The number of unbranched alkanes of at least 4 members (excludes halogenated alkanes) is 7.